The Morgan fingerprint density at radius 2 is 2.18 bits per heavy atom. The van der Waals surface area contributed by atoms with E-state index in [0.717, 1.165) is 51.4 Å². The molecule has 0 N–H and O–H groups in total. The van der Waals surface area contributed by atoms with Crippen molar-refractivity contribution in [2.24, 2.45) is 0 Å². The van der Waals surface area contributed by atoms with Crippen molar-refractivity contribution in [2.75, 3.05) is 46.5 Å². The first kappa shape index (κ1) is 15.9. The van der Waals surface area contributed by atoms with Gasteiger partial charge in [0.2, 0.25) is 0 Å². The van der Waals surface area contributed by atoms with Crippen molar-refractivity contribution >= 4 is 0 Å². The van der Waals surface area contributed by atoms with Gasteiger partial charge >= 0.3 is 0 Å². The predicted octanol–water partition coefficient (Wildman–Crippen LogP) is 1.75. The molecule has 2 saturated heterocycles. The zero-order valence-corrected chi connectivity index (χ0v) is 13.2. The molecule has 2 aliphatic heterocycles. The van der Waals surface area contributed by atoms with Crippen LogP contribution in [-0.4, -0.2) is 68.4 Å². The quantitative estimate of drug-likeness (QED) is 0.827. The van der Waals surface area contributed by atoms with E-state index in [-0.39, 0.29) is 5.82 Å². The van der Waals surface area contributed by atoms with Gasteiger partial charge in [-0.25, -0.2) is 4.39 Å². The molecule has 1 aromatic rings. The maximum atomic E-state index is 13.8. The van der Waals surface area contributed by atoms with Crippen LogP contribution in [0.5, 0.6) is 0 Å². The molecule has 0 bridgehead atoms. The van der Waals surface area contributed by atoms with Crippen molar-refractivity contribution in [3.05, 3.63) is 35.6 Å². The smallest absolute Gasteiger partial charge is 0.127 e. The van der Waals surface area contributed by atoms with Gasteiger partial charge in [-0.15, -0.1) is 0 Å². The summed E-state index contributed by atoms with van der Waals surface area (Å²) in [5.41, 5.74) is 0.779. The molecule has 122 valence electrons. The molecule has 0 aliphatic carbocycles. The Kier molecular flexibility index (Phi) is 5.41. The van der Waals surface area contributed by atoms with Crippen molar-refractivity contribution in [3.63, 3.8) is 0 Å². The van der Waals surface area contributed by atoms with Gasteiger partial charge in [-0.05, 0) is 12.5 Å². The lowest BCUT2D eigenvalue weighted by molar-refractivity contribution is -0.107. The van der Waals surface area contributed by atoms with Gasteiger partial charge < -0.3 is 9.47 Å². The number of piperidine rings is 1. The largest absolute Gasteiger partial charge is 0.383 e. The molecule has 0 aromatic heterocycles. The van der Waals surface area contributed by atoms with Gasteiger partial charge in [-0.1, -0.05) is 18.2 Å². The number of methoxy groups -OCH3 is 1. The summed E-state index contributed by atoms with van der Waals surface area (Å²) >= 11 is 0. The summed E-state index contributed by atoms with van der Waals surface area (Å²) in [4.78, 5) is 4.80. The molecule has 0 radical (unpaired) electrons. The second-order valence-corrected chi connectivity index (χ2v) is 6.12. The molecule has 4 nitrogen and oxygen atoms in total. The SMILES string of the molecule is COCCN1CCO[C@H]2CCN(Cc3ccccc3F)C[C@@H]21. The van der Waals surface area contributed by atoms with E-state index in [1.807, 2.05) is 12.1 Å². The van der Waals surface area contributed by atoms with Crippen LogP contribution in [0.15, 0.2) is 24.3 Å². The Balaban J connectivity index is 1.63. The maximum Gasteiger partial charge on any atom is 0.127 e. The fourth-order valence-corrected chi connectivity index (χ4v) is 3.51. The molecule has 1 aromatic carbocycles. The van der Waals surface area contributed by atoms with E-state index < -0.39 is 0 Å². The number of ether oxygens (including phenoxy) is 2. The lowest BCUT2D eigenvalue weighted by atomic mass is 9.98. The molecule has 2 aliphatic rings. The first-order valence-electron chi connectivity index (χ1n) is 8.08. The third-order valence-corrected chi connectivity index (χ3v) is 4.72. The topological polar surface area (TPSA) is 24.9 Å². The minimum Gasteiger partial charge on any atom is -0.383 e. The zero-order valence-electron chi connectivity index (χ0n) is 13.2. The number of rotatable bonds is 5. The summed E-state index contributed by atoms with van der Waals surface area (Å²) < 4.78 is 25.0. The molecule has 0 spiro atoms. The van der Waals surface area contributed by atoms with Crippen molar-refractivity contribution in [1.82, 2.24) is 9.80 Å². The van der Waals surface area contributed by atoms with Gasteiger partial charge in [0.25, 0.3) is 0 Å². The van der Waals surface area contributed by atoms with Crippen LogP contribution < -0.4 is 0 Å². The molecule has 0 amide bonds. The monoisotopic (exact) mass is 308 g/mol. The van der Waals surface area contributed by atoms with Crippen LogP contribution >= 0.6 is 0 Å². The standard InChI is InChI=1S/C17H25FN2O2/c1-21-10-8-20-9-11-22-17-6-7-19(13-16(17)20)12-14-4-2-3-5-15(14)18/h2-5,16-17H,6-13H2,1H3/t16-,17-/m0/s1. The maximum absolute atomic E-state index is 13.8. The van der Waals surface area contributed by atoms with E-state index in [0.29, 0.717) is 18.7 Å². The van der Waals surface area contributed by atoms with Crippen molar-refractivity contribution in [1.29, 1.82) is 0 Å². The highest BCUT2D eigenvalue weighted by Crippen LogP contribution is 2.24. The minimum absolute atomic E-state index is 0.110. The fraction of sp³-hybridized carbons (Fsp3) is 0.647. The molecule has 2 heterocycles. The second-order valence-electron chi connectivity index (χ2n) is 6.12. The predicted molar refractivity (Wildman–Crippen MR) is 83.3 cm³/mol. The average molecular weight is 308 g/mol. The highest BCUT2D eigenvalue weighted by Gasteiger charge is 2.36. The highest BCUT2D eigenvalue weighted by atomic mass is 19.1. The summed E-state index contributed by atoms with van der Waals surface area (Å²) in [6, 6.07) is 7.45. The summed E-state index contributed by atoms with van der Waals surface area (Å²) in [7, 11) is 1.74. The minimum atomic E-state index is -0.110. The van der Waals surface area contributed by atoms with Crippen LogP contribution in [-0.2, 0) is 16.0 Å². The van der Waals surface area contributed by atoms with E-state index in [1.165, 1.54) is 6.07 Å². The highest BCUT2D eigenvalue weighted by molar-refractivity contribution is 5.17. The third-order valence-electron chi connectivity index (χ3n) is 4.72. The normalized spacial score (nSPS) is 26.8. The first-order valence-corrected chi connectivity index (χ1v) is 8.08. The van der Waals surface area contributed by atoms with Crippen molar-refractivity contribution in [3.8, 4) is 0 Å². The molecule has 2 fully saturated rings. The molecule has 0 unspecified atom stereocenters. The number of halogens is 1. The van der Waals surface area contributed by atoms with E-state index in [2.05, 4.69) is 9.80 Å². The molecule has 22 heavy (non-hydrogen) atoms. The van der Waals surface area contributed by atoms with Crippen LogP contribution in [0.2, 0.25) is 0 Å². The van der Waals surface area contributed by atoms with E-state index >= 15 is 0 Å². The van der Waals surface area contributed by atoms with Crippen molar-refractivity contribution < 1.29 is 13.9 Å². The number of morpholine rings is 1. The zero-order chi connectivity index (χ0) is 15.4. The van der Waals surface area contributed by atoms with E-state index in [9.17, 15) is 4.39 Å². The molecule has 2 atom stereocenters. The van der Waals surface area contributed by atoms with Crippen molar-refractivity contribution in [2.45, 2.75) is 25.1 Å². The van der Waals surface area contributed by atoms with Crippen LogP contribution in [0.3, 0.4) is 0 Å². The number of hydrogen-bond donors (Lipinski definition) is 0. The number of nitrogens with zero attached hydrogens (tertiary/aromatic N) is 2. The lowest BCUT2D eigenvalue weighted by Crippen LogP contribution is -2.60. The average Bonchev–Trinajstić information content (AvgIpc) is 2.55. The molecular weight excluding hydrogens is 283 g/mol. The molecule has 0 saturated carbocycles. The molecule has 5 heteroatoms. The van der Waals surface area contributed by atoms with Gasteiger partial charge in [-0.2, -0.15) is 0 Å². The summed E-state index contributed by atoms with van der Waals surface area (Å²) in [5, 5.41) is 0. The first-order chi connectivity index (χ1) is 10.8. The van der Waals surface area contributed by atoms with Gasteiger partial charge in [0.1, 0.15) is 5.82 Å². The summed E-state index contributed by atoms with van der Waals surface area (Å²) in [6.07, 6.45) is 1.32. The second kappa shape index (κ2) is 7.51. The van der Waals surface area contributed by atoms with Gasteiger partial charge in [0, 0.05) is 51.4 Å². The number of benzene rings is 1. The Morgan fingerprint density at radius 1 is 1.32 bits per heavy atom. The molecular formula is C17H25FN2O2. The number of fused-ring (bicyclic) bond motifs is 1. The van der Waals surface area contributed by atoms with Crippen LogP contribution in [0.1, 0.15) is 12.0 Å². The Morgan fingerprint density at radius 3 is 3.00 bits per heavy atom. The third kappa shape index (κ3) is 3.66. The molecule has 3 rings (SSSR count). The summed E-state index contributed by atoms with van der Waals surface area (Å²) in [5.74, 6) is -0.110. The van der Waals surface area contributed by atoms with Crippen LogP contribution in [0.4, 0.5) is 4.39 Å². The van der Waals surface area contributed by atoms with Gasteiger partial charge in [0.05, 0.1) is 19.3 Å². The Bertz CT molecular complexity index is 485. The van der Waals surface area contributed by atoms with Crippen LogP contribution in [0, 0.1) is 5.82 Å². The lowest BCUT2D eigenvalue weighted by Gasteiger charge is -2.47. The fourth-order valence-electron chi connectivity index (χ4n) is 3.51. The Labute approximate surface area is 131 Å². The Hall–Kier alpha value is -1.01. The van der Waals surface area contributed by atoms with Gasteiger partial charge in [0.15, 0.2) is 0 Å². The number of hydrogen-bond acceptors (Lipinski definition) is 4. The van der Waals surface area contributed by atoms with E-state index in [1.54, 1.807) is 13.2 Å². The number of likely N-dealkylation sites (tertiary alicyclic amines) is 1. The van der Waals surface area contributed by atoms with Crippen LogP contribution in [0.25, 0.3) is 0 Å². The summed E-state index contributed by atoms with van der Waals surface area (Å²) in [6.45, 7) is 6.02. The van der Waals surface area contributed by atoms with Gasteiger partial charge in [-0.3, -0.25) is 9.80 Å². The van der Waals surface area contributed by atoms with E-state index in [4.69, 9.17) is 9.47 Å².